The highest BCUT2D eigenvalue weighted by Crippen LogP contribution is 2.27. The Balaban J connectivity index is 2.30. The predicted octanol–water partition coefficient (Wildman–Crippen LogP) is 4.34. The minimum atomic E-state index is -0.498. The number of nitro benzene ring substituents is 1. The van der Waals surface area contributed by atoms with Crippen LogP contribution >= 0.6 is 0 Å². The first-order valence-electron chi connectivity index (χ1n) is 7.06. The van der Waals surface area contributed by atoms with Gasteiger partial charge in [-0.25, -0.2) is 0 Å². The highest BCUT2D eigenvalue weighted by atomic mass is 16.6. The van der Waals surface area contributed by atoms with Crippen LogP contribution in [0, 0.1) is 28.4 Å². The summed E-state index contributed by atoms with van der Waals surface area (Å²) in [5.41, 5.74) is 3.12. The van der Waals surface area contributed by atoms with Crippen molar-refractivity contribution in [3.05, 3.63) is 69.3 Å². The quantitative estimate of drug-likeness (QED) is 0.657. The molecule has 2 rings (SSSR count). The molecule has 0 fully saturated rings. The fourth-order valence-corrected chi connectivity index (χ4v) is 2.27. The predicted molar refractivity (Wildman–Crippen MR) is 85.6 cm³/mol. The number of nitriles is 1. The Morgan fingerprint density at radius 2 is 1.95 bits per heavy atom. The lowest BCUT2D eigenvalue weighted by molar-refractivity contribution is -0.384. The minimum absolute atomic E-state index is 0.0501. The van der Waals surface area contributed by atoms with Gasteiger partial charge < -0.3 is 5.32 Å². The van der Waals surface area contributed by atoms with Crippen LogP contribution in [0.25, 0.3) is 0 Å². The summed E-state index contributed by atoms with van der Waals surface area (Å²) in [5, 5.41) is 23.3. The number of non-ortho nitro benzene ring substituents is 1. The zero-order valence-corrected chi connectivity index (χ0v) is 12.5. The summed E-state index contributed by atoms with van der Waals surface area (Å²) in [4.78, 5) is 10.3. The van der Waals surface area contributed by atoms with Crippen molar-refractivity contribution in [2.75, 3.05) is 5.32 Å². The summed E-state index contributed by atoms with van der Waals surface area (Å²) in [6, 6.07) is 14.5. The van der Waals surface area contributed by atoms with Gasteiger partial charge in [0, 0.05) is 12.1 Å². The molecule has 5 nitrogen and oxygen atoms in total. The third-order valence-corrected chi connectivity index (χ3v) is 3.55. The van der Waals surface area contributed by atoms with Crippen LogP contribution < -0.4 is 5.32 Å². The van der Waals surface area contributed by atoms with Crippen LogP contribution in [0.1, 0.15) is 36.1 Å². The smallest absolute Gasteiger partial charge is 0.270 e. The first-order valence-corrected chi connectivity index (χ1v) is 7.06. The number of hydrogen-bond acceptors (Lipinski definition) is 4. The second-order valence-corrected chi connectivity index (χ2v) is 5.11. The summed E-state index contributed by atoms with van der Waals surface area (Å²) in [7, 11) is 0. The van der Waals surface area contributed by atoms with Crippen LogP contribution in [0.2, 0.25) is 0 Å². The Morgan fingerprint density at radius 3 is 2.50 bits per heavy atom. The van der Waals surface area contributed by atoms with Gasteiger partial charge in [0.25, 0.3) is 5.69 Å². The molecule has 0 aliphatic heterocycles. The average Bonchev–Trinajstić information content (AvgIpc) is 2.53. The van der Waals surface area contributed by atoms with Crippen molar-refractivity contribution in [3.63, 3.8) is 0 Å². The summed E-state index contributed by atoms with van der Waals surface area (Å²) in [6.07, 6.45) is 0.838. The normalized spacial score (nSPS) is 11.5. The summed E-state index contributed by atoms with van der Waals surface area (Å²) >= 11 is 0. The molecule has 0 bridgehead atoms. The topological polar surface area (TPSA) is 79.0 Å². The molecule has 1 N–H and O–H groups in total. The first kappa shape index (κ1) is 15.5. The highest BCUT2D eigenvalue weighted by Gasteiger charge is 2.14. The van der Waals surface area contributed by atoms with Crippen LogP contribution in [0.5, 0.6) is 0 Å². The van der Waals surface area contributed by atoms with Crippen molar-refractivity contribution < 1.29 is 4.92 Å². The fourth-order valence-electron chi connectivity index (χ4n) is 2.27. The Kier molecular flexibility index (Phi) is 4.74. The third kappa shape index (κ3) is 3.41. The maximum absolute atomic E-state index is 10.8. The molecule has 2 aromatic carbocycles. The van der Waals surface area contributed by atoms with Gasteiger partial charge in [-0.3, -0.25) is 10.1 Å². The number of nitrogens with zero attached hydrogens (tertiary/aromatic N) is 2. The van der Waals surface area contributed by atoms with E-state index in [0.29, 0.717) is 5.69 Å². The second-order valence-electron chi connectivity index (χ2n) is 5.11. The van der Waals surface area contributed by atoms with Gasteiger partial charge >= 0.3 is 0 Å². The molecule has 5 heteroatoms. The maximum atomic E-state index is 10.8. The molecule has 1 atom stereocenters. The van der Waals surface area contributed by atoms with Crippen molar-refractivity contribution in [1.82, 2.24) is 0 Å². The van der Waals surface area contributed by atoms with E-state index in [-0.39, 0.29) is 17.3 Å². The number of nitro groups is 1. The zero-order valence-electron chi connectivity index (χ0n) is 12.5. The largest absolute Gasteiger partial charge is 0.377 e. The Labute approximate surface area is 129 Å². The van der Waals surface area contributed by atoms with Crippen LogP contribution in [0.3, 0.4) is 0 Å². The SMILES string of the molecule is CC[C@@H](Nc1ccc([N+](=O)[O-])cc1C#N)c1ccc(C)cc1. The molecule has 0 aromatic heterocycles. The van der Waals surface area contributed by atoms with E-state index in [2.05, 4.69) is 12.2 Å². The Bertz CT molecular complexity index is 718. The van der Waals surface area contributed by atoms with E-state index in [0.717, 1.165) is 12.0 Å². The van der Waals surface area contributed by atoms with Gasteiger partial charge in [-0.2, -0.15) is 5.26 Å². The fraction of sp³-hybridized carbons (Fsp3) is 0.235. The van der Waals surface area contributed by atoms with Gasteiger partial charge in [0.1, 0.15) is 6.07 Å². The van der Waals surface area contributed by atoms with E-state index >= 15 is 0 Å². The molecule has 0 aliphatic rings. The average molecular weight is 295 g/mol. The molecule has 0 unspecified atom stereocenters. The van der Waals surface area contributed by atoms with E-state index in [4.69, 9.17) is 0 Å². The molecule has 22 heavy (non-hydrogen) atoms. The molecule has 0 aliphatic carbocycles. The van der Waals surface area contributed by atoms with Gasteiger partial charge in [0.05, 0.1) is 22.2 Å². The van der Waals surface area contributed by atoms with Crippen LogP contribution in [-0.2, 0) is 0 Å². The molecule has 0 saturated carbocycles. The Morgan fingerprint density at radius 1 is 1.27 bits per heavy atom. The monoisotopic (exact) mass is 295 g/mol. The lowest BCUT2D eigenvalue weighted by Crippen LogP contribution is -2.10. The van der Waals surface area contributed by atoms with Gasteiger partial charge in [-0.1, -0.05) is 36.8 Å². The number of rotatable bonds is 5. The number of anilines is 1. The molecule has 112 valence electrons. The molecule has 0 radical (unpaired) electrons. The van der Waals surface area contributed by atoms with Crippen LogP contribution in [0.15, 0.2) is 42.5 Å². The maximum Gasteiger partial charge on any atom is 0.270 e. The molecule has 0 heterocycles. The van der Waals surface area contributed by atoms with Crippen LogP contribution in [-0.4, -0.2) is 4.92 Å². The lowest BCUT2D eigenvalue weighted by Gasteiger charge is -2.19. The van der Waals surface area contributed by atoms with E-state index in [1.165, 1.54) is 17.7 Å². The van der Waals surface area contributed by atoms with Crippen LogP contribution in [0.4, 0.5) is 11.4 Å². The summed E-state index contributed by atoms with van der Waals surface area (Å²) in [6.45, 7) is 4.08. The zero-order chi connectivity index (χ0) is 16.1. The van der Waals surface area contributed by atoms with E-state index < -0.39 is 4.92 Å². The molecular formula is C17H17N3O2. The molecule has 0 saturated heterocycles. The van der Waals surface area contributed by atoms with Crippen molar-refractivity contribution in [2.24, 2.45) is 0 Å². The third-order valence-electron chi connectivity index (χ3n) is 3.55. The van der Waals surface area contributed by atoms with Crippen molar-refractivity contribution in [1.29, 1.82) is 5.26 Å². The van der Waals surface area contributed by atoms with Crippen molar-refractivity contribution in [2.45, 2.75) is 26.3 Å². The van der Waals surface area contributed by atoms with E-state index in [1.54, 1.807) is 6.07 Å². The highest BCUT2D eigenvalue weighted by molar-refractivity contribution is 5.62. The van der Waals surface area contributed by atoms with Gasteiger partial charge in [-0.15, -0.1) is 0 Å². The molecule has 0 spiro atoms. The summed E-state index contributed by atoms with van der Waals surface area (Å²) < 4.78 is 0. The van der Waals surface area contributed by atoms with Crippen molar-refractivity contribution >= 4 is 11.4 Å². The lowest BCUT2D eigenvalue weighted by atomic mass is 10.0. The number of hydrogen-bond donors (Lipinski definition) is 1. The Hall–Kier alpha value is -2.87. The van der Waals surface area contributed by atoms with Gasteiger partial charge in [0.15, 0.2) is 0 Å². The van der Waals surface area contributed by atoms with Gasteiger partial charge in [-0.05, 0) is 25.0 Å². The van der Waals surface area contributed by atoms with Gasteiger partial charge in [0.2, 0.25) is 0 Å². The molecule has 0 amide bonds. The second kappa shape index (κ2) is 6.72. The standard InChI is InChI=1S/C17H17N3O2/c1-3-16(13-6-4-12(2)5-7-13)19-17-9-8-15(20(21)22)10-14(17)11-18/h4-10,16,19H,3H2,1-2H3/t16-/m1/s1. The molecular weight excluding hydrogens is 278 g/mol. The molecule has 2 aromatic rings. The number of nitrogens with one attached hydrogen (secondary N) is 1. The summed E-state index contributed by atoms with van der Waals surface area (Å²) in [5.74, 6) is 0. The van der Waals surface area contributed by atoms with Crippen molar-refractivity contribution in [3.8, 4) is 6.07 Å². The minimum Gasteiger partial charge on any atom is -0.377 e. The van der Waals surface area contributed by atoms with E-state index in [1.807, 2.05) is 37.3 Å². The number of aryl methyl sites for hydroxylation is 1. The first-order chi connectivity index (χ1) is 10.5. The van der Waals surface area contributed by atoms with E-state index in [9.17, 15) is 15.4 Å². The number of benzene rings is 2.